The van der Waals surface area contributed by atoms with E-state index in [4.69, 9.17) is 15.9 Å². The van der Waals surface area contributed by atoms with Gasteiger partial charge >= 0.3 is 5.97 Å². The van der Waals surface area contributed by atoms with Crippen molar-refractivity contribution >= 4 is 12.3 Å². The van der Waals surface area contributed by atoms with E-state index < -0.39 is 0 Å². The van der Waals surface area contributed by atoms with Crippen LogP contribution in [0.15, 0.2) is 18.2 Å². The molecule has 7 nitrogen and oxygen atoms in total. The number of ether oxygens (including phenoxy) is 1. The molecular weight excluding hydrogens is 288 g/mol. The molecule has 0 saturated heterocycles. The molecule has 1 aromatic rings. The molecular formula is C15H24N2O5. The first kappa shape index (κ1) is 19.9. The summed E-state index contributed by atoms with van der Waals surface area (Å²) in [5.74, 6) is -0.690. The Bertz CT molecular complexity index is 465. The molecule has 1 aromatic carbocycles. The number of hydrogen-bond donors (Lipinski definition) is 4. The minimum absolute atomic E-state index is 0.179. The summed E-state index contributed by atoms with van der Waals surface area (Å²) in [4.78, 5) is 21.1. The molecule has 0 aromatic heterocycles. The highest BCUT2D eigenvalue weighted by Crippen LogP contribution is 2.23. The fourth-order valence-corrected chi connectivity index (χ4v) is 1.63. The van der Waals surface area contributed by atoms with Gasteiger partial charge in [-0.3, -0.25) is 9.59 Å². The molecule has 0 aliphatic heterocycles. The van der Waals surface area contributed by atoms with E-state index in [2.05, 4.69) is 10.1 Å². The van der Waals surface area contributed by atoms with Gasteiger partial charge in [-0.1, -0.05) is 6.42 Å². The number of unbranched alkanes of at least 4 members (excludes halogenated alkanes) is 1. The Morgan fingerprint density at radius 3 is 2.50 bits per heavy atom. The van der Waals surface area contributed by atoms with Crippen molar-refractivity contribution in [3.8, 4) is 11.5 Å². The maximum absolute atomic E-state index is 11.0. The van der Waals surface area contributed by atoms with Crippen LogP contribution in [0.2, 0.25) is 0 Å². The molecule has 0 fully saturated rings. The van der Waals surface area contributed by atoms with Gasteiger partial charge in [0.1, 0.15) is 12.3 Å². The number of benzene rings is 1. The summed E-state index contributed by atoms with van der Waals surface area (Å²) in [5, 5.41) is 20.5. The van der Waals surface area contributed by atoms with E-state index >= 15 is 0 Å². The van der Waals surface area contributed by atoms with E-state index in [-0.39, 0.29) is 23.5 Å². The fraction of sp³-hybridized carbons (Fsp3) is 0.467. The topological polar surface area (TPSA) is 122 Å². The maximum atomic E-state index is 11.0. The van der Waals surface area contributed by atoms with Crippen LogP contribution in [0.5, 0.6) is 11.5 Å². The Kier molecular flexibility index (Phi) is 10.4. The van der Waals surface area contributed by atoms with Gasteiger partial charge in [0.2, 0.25) is 0 Å². The summed E-state index contributed by atoms with van der Waals surface area (Å²) in [6.07, 6.45) is 3.30. The van der Waals surface area contributed by atoms with Gasteiger partial charge in [-0.2, -0.15) is 0 Å². The summed E-state index contributed by atoms with van der Waals surface area (Å²) in [5.41, 5.74) is 5.67. The van der Waals surface area contributed by atoms with Crippen LogP contribution in [0, 0.1) is 0 Å². The van der Waals surface area contributed by atoms with Gasteiger partial charge in [0.05, 0.1) is 7.11 Å². The highest BCUT2D eigenvalue weighted by Gasteiger charge is 2.15. The molecule has 1 atom stereocenters. The summed E-state index contributed by atoms with van der Waals surface area (Å²) in [6.45, 7) is 0.678. The smallest absolute Gasteiger partial charge is 0.322 e. The van der Waals surface area contributed by atoms with Gasteiger partial charge in [-0.05, 0) is 44.6 Å². The van der Waals surface area contributed by atoms with Gasteiger partial charge < -0.3 is 26.0 Å². The number of likely N-dealkylation sites (N-methyl/N-ethyl adjacent to an activating group) is 1. The number of rotatable bonds is 7. The van der Waals surface area contributed by atoms with Crippen molar-refractivity contribution in [2.24, 2.45) is 5.73 Å². The molecule has 5 N–H and O–H groups in total. The van der Waals surface area contributed by atoms with Crippen LogP contribution in [0.25, 0.3) is 0 Å². The van der Waals surface area contributed by atoms with Crippen molar-refractivity contribution in [1.82, 2.24) is 5.32 Å². The lowest BCUT2D eigenvalue weighted by Gasteiger charge is -2.12. The first-order valence-electron chi connectivity index (χ1n) is 6.92. The minimum atomic E-state index is -0.274. The number of phenols is 2. The van der Waals surface area contributed by atoms with Gasteiger partial charge in [0, 0.05) is 5.56 Å². The van der Waals surface area contributed by atoms with Gasteiger partial charge in [-0.25, -0.2) is 0 Å². The van der Waals surface area contributed by atoms with E-state index in [1.807, 2.05) is 0 Å². The predicted molar refractivity (Wildman–Crippen MR) is 82.9 cm³/mol. The van der Waals surface area contributed by atoms with Crippen LogP contribution in [0.3, 0.4) is 0 Å². The number of carbonyl (C=O) groups is 2. The first-order valence-corrected chi connectivity index (χ1v) is 6.92. The third-order valence-electron chi connectivity index (χ3n) is 2.92. The number of carbonyl (C=O) groups excluding carboxylic acids is 2. The average Bonchev–Trinajstić information content (AvgIpc) is 2.54. The fourth-order valence-electron chi connectivity index (χ4n) is 1.63. The van der Waals surface area contributed by atoms with Crippen molar-refractivity contribution in [2.45, 2.75) is 25.3 Å². The van der Waals surface area contributed by atoms with Crippen molar-refractivity contribution in [2.75, 3.05) is 20.7 Å². The number of phenolic OH excluding ortho intramolecular Hbond substituents is 2. The Hall–Kier alpha value is -2.12. The van der Waals surface area contributed by atoms with Gasteiger partial charge in [0.25, 0.3) is 0 Å². The highest BCUT2D eigenvalue weighted by atomic mass is 16.5. The van der Waals surface area contributed by atoms with Crippen molar-refractivity contribution in [1.29, 1.82) is 0 Å². The van der Waals surface area contributed by atoms with Crippen LogP contribution >= 0.6 is 0 Å². The number of aromatic hydroxyl groups is 2. The Balaban J connectivity index is 0.000000406. The second-order valence-electron chi connectivity index (χ2n) is 4.51. The maximum Gasteiger partial charge on any atom is 0.322 e. The first-order chi connectivity index (χ1) is 10.5. The molecule has 7 heteroatoms. The van der Waals surface area contributed by atoms with Crippen LogP contribution < -0.4 is 11.1 Å². The normalized spacial score (nSPS) is 11.0. The zero-order valence-corrected chi connectivity index (χ0v) is 12.9. The van der Waals surface area contributed by atoms with E-state index in [9.17, 15) is 9.59 Å². The summed E-state index contributed by atoms with van der Waals surface area (Å²) < 4.78 is 4.60. The monoisotopic (exact) mass is 312 g/mol. The lowest BCUT2D eigenvalue weighted by atomic mass is 10.1. The van der Waals surface area contributed by atoms with Crippen LogP contribution in [0.1, 0.15) is 29.6 Å². The molecule has 1 rings (SSSR count). The van der Waals surface area contributed by atoms with Crippen LogP contribution in [-0.2, 0) is 9.53 Å². The predicted octanol–water partition coefficient (Wildman–Crippen LogP) is 0.787. The molecule has 0 radical (unpaired) electrons. The molecule has 0 aliphatic rings. The SMILES string of the molecule is CNC(CCCCN)C(=O)OC.O=Cc1ccc(O)c(O)c1. The summed E-state index contributed by atoms with van der Waals surface area (Å²) >= 11 is 0. The van der Waals surface area contributed by atoms with E-state index in [0.717, 1.165) is 19.3 Å². The quantitative estimate of drug-likeness (QED) is 0.254. The largest absolute Gasteiger partial charge is 0.504 e. The van der Waals surface area contributed by atoms with Crippen molar-refractivity contribution < 1.29 is 24.5 Å². The Morgan fingerprint density at radius 1 is 1.36 bits per heavy atom. The van der Waals surface area contributed by atoms with E-state index in [0.29, 0.717) is 18.4 Å². The third kappa shape index (κ3) is 7.61. The van der Waals surface area contributed by atoms with Crippen LogP contribution in [-0.4, -0.2) is 49.2 Å². The highest BCUT2D eigenvalue weighted by molar-refractivity contribution is 5.76. The average molecular weight is 312 g/mol. The second kappa shape index (κ2) is 11.5. The second-order valence-corrected chi connectivity index (χ2v) is 4.51. The zero-order valence-electron chi connectivity index (χ0n) is 12.9. The molecule has 0 spiro atoms. The third-order valence-corrected chi connectivity index (χ3v) is 2.92. The van der Waals surface area contributed by atoms with Crippen molar-refractivity contribution in [3.63, 3.8) is 0 Å². The molecule has 22 heavy (non-hydrogen) atoms. The Labute approximate surface area is 130 Å². The van der Waals surface area contributed by atoms with Gasteiger partial charge in [-0.15, -0.1) is 0 Å². The minimum Gasteiger partial charge on any atom is -0.504 e. The van der Waals surface area contributed by atoms with E-state index in [1.54, 1.807) is 7.05 Å². The number of aldehydes is 1. The summed E-state index contributed by atoms with van der Waals surface area (Å²) in [7, 11) is 3.15. The molecule has 0 bridgehead atoms. The molecule has 0 amide bonds. The number of nitrogens with two attached hydrogens (primary N) is 1. The lowest BCUT2D eigenvalue weighted by molar-refractivity contribution is -0.143. The number of methoxy groups -OCH3 is 1. The lowest BCUT2D eigenvalue weighted by Crippen LogP contribution is -2.34. The molecule has 0 heterocycles. The Morgan fingerprint density at radius 2 is 2.05 bits per heavy atom. The molecule has 0 saturated carbocycles. The molecule has 0 aliphatic carbocycles. The standard InChI is InChI=1S/C8H18N2O2.C7H6O3/c1-10-7(8(11)12-2)5-3-4-6-9;8-4-5-1-2-6(9)7(10)3-5/h7,10H,3-6,9H2,1-2H3;1-4,9-10H. The molecule has 124 valence electrons. The van der Waals surface area contributed by atoms with Crippen LogP contribution in [0.4, 0.5) is 0 Å². The number of esters is 1. The summed E-state index contributed by atoms with van der Waals surface area (Å²) in [6, 6.07) is 3.70. The zero-order chi connectivity index (χ0) is 17.0. The number of nitrogens with one attached hydrogen (secondary N) is 1. The number of hydrogen-bond acceptors (Lipinski definition) is 7. The molecule has 1 unspecified atom stereocenters. The van der Waals surface area contributed by atoms with E-state index in [1.165, 1.54) is 25.3 Å². The van der Waals surface area contributed by atoms with Crippen molar-refractivity contribution in [3.05, 3.63) is 23.8 Å². The van der Waals surface area contributed by atoms with Gasteiger partial charge in [0.15, 0.2) is 11.5 Å².